The van der Waals surface area contributed by atoms with Crippen LogP contribution in [0, 0.1) is 5.41 Å². The minimum Gasteiger partial charge on any atom is -0.378 e. The molecule has 0 unspecified atom stereocenters. The number of carbonyl (C=O) groups excluding carboxylic acids is 7. The van der Waals surface area contributed by atoms with Crippen molar-refractivity contribution in [3.05, 3.63) is 143 Å². The van der Waals surface area contributed by atoms with Crippen LogP contribution in [0.3, 0.4) is 0 Å². The molecule has 0 aliphatic carbocycles. The van der Waals surface area contributed by atoms with Crippen LogP contribution in [0.15, 0.2) is 115 Å². The zero-order valence-corrected chi connectivity index (χ0v) is 39.2. The molecule has 3 atom stereocenters. The van der Waals surface area contributed by atoms with E-state index < -0.39 is 52.9 Å². The first-order valence-corrected chi connectivity index (χ1v) is 23.2. The van der Waals surface area contributed by atoms with Gasteiger partial charge in [-0.25, -0.2) is 5.06 Å². The molecule has 2 aliphatic rings. The molecule has 1 saturated heterocycles. The average molecular weight is 943 g/mol. The highest BCUT2D eigenvalue weighted by Crippen LogP contribution is 2.35. The van der Waals surface area contributed by atoms with Crippen molar-refractivity contribution in [2.45, 2.75) is 57.2 Å². The lowest BCUT2D eigenvalue weighted by Crippen LogP contribution is -2.58. The number of hydroxylamine groups is 2. The van der Waals surface area contributed by atoms with Crippen molar-refractivity contribution in [3.63, 3.8) is 0 Å². The van der Waals surface area contributed by atoms with E-state index in [0.717, 1.165) is 39.5 Å². The summed E-state index contributed by atoms with van der Waals surface area (Å²) in [7, 11) is 2.95. The number of piperidine rings is 1. The molecule has 0 aromatic heterocycles. The van der Waals surface area contributed by atoms with Crippen molar-refractivity contribution in [2.75, 3.05) is 60.1 Å². The Balaban J connectivity index is 1.30. The van der Waals surface area contributed by atoms with Crippen LogP contribution in [0.1, 0.15) is 51.9 Å². The first-order valence-electron chi connectivity index (χ1n) is 23.2. The molecular weight excluding hydrogens is 881 g/mol. The third-order valence-electron chi connectivity index (χ3n) is 12.3. The lowest BCUT2D eigenvalue weighted by Gasteiger charge is -2.42. The van der Waals surface area contributed by atoms with Gasteiger partial charge in [0.15, 0.2) is 0 Å². The van der Waals surface area contributed by atoms with Crippen molar-refractivity contribution in [1.29, 1.82) is 0 Å². The quantitative estimate of drug-likeness (QED) is 0.0847. The molecule has 69 heavy (non-hydrogen) atoms. The Bertz CT molecular complexity index is 2450. The summed E-state index contributed by atoms with van der Waals surface area (Å²) in [5.41, 5.74) is 9.45. The molecule has 364 valence electrons. The van der Waals surface area contributed by atoms with Gasteiger partial charge in [-0.1, -0.05) is 91.0 Å². The predicted octanol–water partition coefficient (Wildman–Crippen LogP) is 2.38. The molecule has 2 heterocycles. The molecule has 4 aromatic carbocycles. The van der Waals surface area contributed by atoms with E-state index >= 15 is 0 Å². The zero-order valence-electron chi connectivity index (χ0n) is 39.2. The number of carbonyl (C=O) groups is 7. The highest BCUT2D eigenvalue weighted by Gasteiger charge is 2.44. The summed E-state index contributed by atoms with van der Waals surface area (Å²) in [5, 5.41) is 15.5. The fourth-order valence-electron chi connectivity index (χ4n) is 8.48. The lowest BCUT2D eigenvalue weighted by molar-refractivity contribution is -0.141. The van der Waals surface area contributed by atoms with E-state index in [9.17, 15) is 33.6 Å². The number of fused-ring (bicyclic) bond motifs is 3. The summed E-state index contributed by atoms with van der Waals surface area (Å²) in [4.78, 5) is 102. The maximum absolute atomic E-state index is 15.0. The molecule has 17 heteroatoms. The monoisotopic (exact) mass is 942 g/mol. The zero-order chi connectivity index (χ0) is 49.2. The third kappa shape index (κ3) is 14.6. The Kier molecular flexibility index (Phi) is 18.7. The van der Waals surface area contributed by atoms with Crippen molar-refractivity contribution in [3.8, 4) is 11.1 Å². The fourth-order valence-corrected chi connectivity index (χ4v) is 8.48. The minimum absolute atomic E-state index is 0.00221. The number of nitrogens with one attached hydrogen (secondary N) is 5. The predicted molar refractivity (Wildman–Crippen MR) is 259 cm³/mol. The Morgan fingerprint density at radius 3 is 2.23 bits per heavy atom. The largest absolute Gasteiger partial charge is 0.378 e. The van der Waals surface area contributed by atoms with Crippen molar-refractivity contribution in [2.24, 2.45) is 11.1 Å². The second kappa shape index (κ2) is 25.2. The van der Waals surface area contributed by atoms with E-state index in [0.29, 0.717) is 49.2 Å². The van der Waals surface area contributed by atoms with Crippen LogP contribution in [0.5, 0.6) is 0 Å². The van der Waals surface area contributed by atoms with Crippen LogP contribution in [0.25, 0.3) is 11.1 Å². The first-order chi connectivity index (χ1) is 33.4. The van der Waals surface area contributed by atoms with Gasteiger partial charge in [-0.3, -0.25) is 38.4 Å². The van der Waals surface area contributed by atoms with Gasteiger partial charge >= 0.3 is 0 Å². The maximum Gasteiger partial charge on any atom is 0.277 e. The van der Waals surface area contributed by atoms with E-state index in [-0.39, 0.29) is 64.4 Å². The SMILES string of the molecule is CON(C)C(=O)c1ccc(-c2ccc(C[C@@H]3NC(=O)[C@]4(Cc5ccccc5)CCCN(C4)C(=O)/C=C/C(=O)NCC[C@@H](C(=O)NCCOCCN)NC(=O)Cc4ccccc4CNC3=O)cc2)cc1. The van der Waals surface area contributed by atoms with Crippen LogP contribution in [0.4, 0.5) is 0 Å². The normalized spacial score (nSPS) is 20.1. The Hall–Kier alpha value is -7.21. The van der Waals surface area contributed by atoms with Crippen molar-refractivity contribution >= 4 is 41.4 Å². The molecule has 0 saturated carbocycles. The number of nitrogens with two attached hydrogens (primary N) is 1. The summed E-state index contributed by atoms with van der Waals surface area (Å²) in [6.45, 7) is 1.45. The van der Waals surface area contributed by atoms with E-state index in [4.69, 9.17) is 15.3 Å². The summed E-state index contributed by atoms with van der Waals surface area (Å²) < 4.78 is 5.37. The number of hydrogen-bond donors (Lipinski definition) is 6. The number of nitrogens with zero attached hydrogens (tertiary/aromatic N) is 2. The van der Waals surface area contributed by atoms with Crippen LogP contribution >= 0.6 is 0 Å². The van der Waals surface area contributed by atoms with E-state index in [1.54, 1.807) is 41.3 Å². The average Bonchev–Trinajstić information content (AvgIpc) is 3.36. The van der Waals surface area contributed by atoms with Gasteiger partial charge < -0.3 is 42.0 Å². The Morgan fingerprint density at radius 2 is 1.52 bits per heavy atom. The molecule has 6 rings (SSSR count). The van der Waals surface area contributed by atoms with Gasteiger partial charge in [0, 0.05) is 70.5 Å². The Labute approximate surface area is 402 Å². The molecule has 0 radical (unpaired) electrons. The number of rotatable bonds is 13. The number of ether oxygens (including phenoxy) is 1. The van der Waals surface area contributed by atoms with Gasteiger partial charge in [-0.2, -0.15) is 0 Å². The van der Waals surface area contributed by atoms with Crippen LogP contribution < -0.4 is 32.3 Å². The first kappa shape index (κ1) is 51.2. The second-order valence-electron chi connectivity index (χ2n) is 17.2. The Morgan fingerprint density at radius 1 is 0.826 bits per heavy atom. The standard InChI is InChI=1S/C52H62N8O9/c1-59(68-2)50(66)40-19-17-39(18-20-40)38-15-13-36(14-16-38)31-44-49(65)56-34-42-12-7-6-11-41(42)32-46(62)57-43(48(64)55-27-30-69-29-25-53)23-26-54-45(61)21-22-47(63)60-28-8-24-52(35-60,51(67)58-44)33-37-9-4-3-5-10-37/h3-7,9-22,43-44H,8,23-35,53H2,1-2H3,(H,54,61)(H,55,64)(H,56,65)(H,57,62)(H,58,67)/b22-21+/t43-,44-,52-/m0/s1. The van der Waals surface area contributed by atoms with Gasteiger partial charge in [-0.05, 0) is 71.2 Å². The number of hydrogen-bond acceptors (Lipinski definition) is 10. The van der Waals surface area contributed by atoms with Gasteiger partial charge in [-0.15, -0.1) is 0 Å². The number of benzene rings is 4. The molecule has 4 aromatic rings. The van der Waals surface area contributed by atoms with Gasteiger partial charge in [0.1, 0.15) is 12.1 Å². The van der Waals surface area contributed by atoms with Crippen LogP contribution in [-0.4, -0.2) is 123 Å². The lowest BCUT2D eigenvalue weighted by atomic mass is 9.74. The van der Waals surface area contributed by atoms with Gasteiger partial charge in [0.2, 0.25) is 35.4 Å². The molecular formula is C52H62N8O9. The van der Waals surface area contributed by atoms with Crippen LogP contribution in [0.2, 0.25) is 0 Å². The minimum atomic E-state index is -1.14. The van der Waals surface area contributed by atoms with Crippen molar-refractivity contribution < 1.29 is 43.1 Å². The van der Waals surface area contributed by atoms with E-state index in [1.807, 2.05) is 66.7 Å². The summed E-state index contributed by atoms with van der Waals surface area (Å²) in [6, 6.07) is 29.2. The fraction of sp³-hybridized carbons (Fsp3) is 0.365. The van der Waals surface area contributed by atoms with E-state index in [1.165, 1.54) is 14.2 Å². The summed E-state index contributed by atoms with van der Waals surface area (Å²) in [5.74, 6) is -3.12. The van der Waals surface area contributed by atoms with Gasteiger partial charge in [0.05, 0.1) is 32.2 Å². The summed E-state index contributed by atoms with van der Waals surface area (Å²) in [6.07, 6.45) is 3.52. The number of amides is 7. The molecule has 2 bridgehead atoms. The highest BCUT2D eigenvalue weighted by molar-refractivity contribution is 5.98. The third-order valence-corrected chi connectivity index (χ3v) is 12.3. The highest BCUT2D eigenvalue weighted by atomic mass is 16.7. The molecule has 17 nitrogen and oxygen atoms in total. The molecule has 0 spiro atoms. The van der Waals surface area contributed by atoms with E-state index in [2.05, 4.69) is 26.6 Å². The smallest absolute Gasteiger partial charge is 0.277 e. The van der Waals surface area contributed by atoms with Crippen LogP contribution in [-0.2, 0) is 64.1 Å². The molecule has 7 amide bonds. The topological polar surface area (TPSA) is 231 Å². The van der Waals surface area contributed by atoms with Gasteiger partial charge in [0.25, 0.3) is 5.91 Å². The van der Waals surface area contributed by atoms with Crippen molar-refractivity contribution in [1.82, 2.24) is 36.5 Å². The molecule has 7 N–H and O–H groups in total. The second-order valence-corrected chi connectivity index (χ2v) is 17.2. The molecule has 2 aliphatic heterocycles. The summed E-state index contributed by atoms with van der Waals surface area (Å²) >= 11 is 0. The molecule has 1 fully saturated rings. The maximum atomic E-state index is 15.0.